The normalized spacial score (nSPS) is 9.94. The topological polar surface area (TPSA) is 111 Å². The number of carbonyl (C=O) groups is 1. The molecule has 0 spiro atoms. The Kier molecular flexibility index (Phi) is 2.98. The lowest BCUT2D eigenvalue weighted by atomic mass is 10.1. The van der Waals surface area contributed by atoms with E-state index in [1.807, 2.05) is 6.07 Å². The average Bonchev–Trinajstić information content (AvgIpc) is 2.82. The predicted octanol–water partition coefficient (Wildman–Crippen LogP) is 0.619. The Labute approximate surface area is 103 Å². The molecular formula is C12H11N5O. The zero-order valence-corrected chi connectivity index (χ0v) is 9.50. The third-order valence-electron chi connectivity index (χ3n) is 2.53. The van der Waals surface area contributed by atoms with Gasteiger partial charge in [0.25, 0.3) is 5.91 Å². The van der Waals surface area contributed by atoms with Crippen molar-refractivity contribution in [2.24, 2.45) is 5.73 Å². The minimum atomic E-state index is -0.533. The molecule has 1 aromatic heterocycles. The number of primary amides is 1. The summed E-state index contributed by atoms with van der Waals surface area (Å²) >= 11 is 0. The molecule has 0 aliphatic rings. The highest BCUT2D eigenvalue weighted by Crippen LogP contribution is 2.17. The van der Waals surface area contributed by atoms with Gasteiger partial charge in [-0.3, -0.25) is 4.79 Å². The van der Waals surface area contributed by atoms with Crippen molar-refractivity contribution in [3.05, 3.63) is 41.7 Å². The monoisotopic (exact) mass is 241 g/mol. The Morgan fingerprint density at radius 3 is 2.89 bits per heavy atom. The van der Waals surface area contributed by atoms with Crippen molar-refractivity contribution in [1.29, 1.82) is 5.26 Å². The van der Waals surface area contributed by atoms with Gasteiger partial charge in [0.05, 0.1) is 29.9 Å². The Balaban J connectivity index is 2.41. The first-order valence-electron chi connectivity index (χ1n) is 5.22. The fourth-order valence-electron chi connectivity index (χ4n) is 1.56. The first-order chi connectivity index (χ1) is 8.61. The lowest BCUT2D eigenvalue weighted by Crippen LogP contribution is -2.09. The van der Waals surface area contributed by atoms with E-state index in [0.29, 0.717) is 11.3 Å². The highest BCUT2D eigenvalue weighted by Gasteiger charge is 2.07. The number of aromatic nitrogens is 2. The van der Waals surface area contributed by atoms with Gasteiger partial charge in [0.2, 0.25) is 0 Å². The second-order valence-corrected chi connectivity index (χ2v) is 3.76. The number of nitriles is 1. The molecule has 2 rings (SSSR count). The summed E-state index contributed by atoms with van der Waals surface area (Å²) in [5, 5.41) is 12.7. The predicted molar refractivity (Wildman–Crippen MR) is 65.8 cm³/mol. The molecule has 0 atom stereocenters. The van der Waals surface area contributed by atoms with Gasteiger partial charge in [-0.05, 0) is 23.8 Å². The van der Waals surface area contributed by atoms with Crippen LogP contribution in [-0.4, -0.2) is 15.7 Å². The number of benzene rings is 1. The van der Waals surface area contributed by atoms with Crippen LogP contribution >= 0.6 is 0 Å². The van der Waals surface area contributed by atoms with Crippen LogP contribution in [0.5, 0.6) is 0 Å². The zero-order valence-electron chi connectivity index (χ0n) is 9.50. The molecule has 2 aromatic rings. The fraction of sp³-hybridized carbons (Fsp3) is 0.0833. The lowest BCUT2D eigenvalue weighted by Gasteiger charge is -2.05. The number of nitrogen functional groups attached to an aromatic ring is 1. The zero-order chi connectivity index (χ0) is 13.1. The molecular weight excluding hydrogens is 230 g/mol. The summed E-state index contributed by atoms with van der Waals surface area (Å²) in [6.45, 7) is 0. The molecule has 6 nitrogen and oxygen atoms in total. The number of carbonyl (C=O) groups excluding carboxylic acids is 1. The van der Waals surface area contributed by atoms with E-state index in [-0.39, 0.29) is 6.42 Å². The minimum Gasteiger partial charge on any atom is -0.398 e. The Hall–Kier alpha value is -2.81. The van der Waals surface area contributed by atoms with Crippen molar-refractivity contribution in [1.82, 2.24) is 9.78 Å². The molecule has 0 radical (unpaired) electrons. The molecule has 1 aromatic carbocycles. The van der Waals surface area contributed by atoms with Crippen LogP contribution in [0.15, 0.2) is 30.6 Å². The quantitative estimate of drug-likeness (QED) is 0.767. The van der Waals surface area contributed by atoms with Crippen LogP contribution < -0.4 is 11.5 Å². The highest BCUT2D eigenvalue weighted by molar-refractivity contribution is 5.92. The van der Waals surface area contributed by atoms with E-state index in [9.17, 15) is 4.79 Å². The van der Waals surface area contributed by atoms with Crippen LogP contribution in [-0.2, 0) is 6.42 Å². The van der Waals surface area contributed by atoms with E-state index in [2.05, 4.69) is 5.10 Å². The number of rotatable bonds is 3. The Bertz CT molecular complexity index is 638. The summed E-state index contributed by atoms with van der Waals surface area (Å²) in [6, 6.07) is 7.26. The van der Waals surface area contributed by atoms with Gasteiger partial charge in [0, 0.05) is 11.9 Å². The summed E-state index contributed by atoms with van der Waals surface area (Å²) in [6.07, 6.45) is 3.15. The second-order valence-electron chi connectivity index (χ2n) is 3.76. The smallest absolute Gasteiger partial charge is 0.251 e. The number of anilines is 1. The number of nitrogens with zero attached hydrogens (tertiary/aromatic N) is 3. The molecule has 0 aliphatic carbocycles. The maximum absolute atomic E-state index is 11.0. The Morgan fingerprint density at radius 2 is 2.28 bits per heavy atom. The molecule has 90 valence electrons. The molecule has 1 amide bonds. The molecule has 0 bridgehead atoms. The number of amides is 1. The van der Waals surface area contributed by atoms with Crippen LogP contribution in [0.4, 0.5) is 5.69 Å². The van der Waals surface area contributed by atoms with Crippen LogP contribution in [0.2, 0.25) is 0 Å². The summed E-state index contributed by atoms with van der Waals surface area (Å²) in [5.74, 6) is -0.533. The summed E-state index contributed by atoms with van der Waals surface area (Å²) in [7, 11) is 0. The van der Waals surface area contributed by atoms with Gasteiger partial charge in [-0.2, -0.15) is 10.4 Å². The fourth-order valence-corrected chi connectivity index (χ4v) is 1.56. The SMILES string of the molecule is N#CCc1cc(-n2cc(C(N)=O)cn2)ccc1N. The van der Waals surface area contributed by atoms with E-state index in [1.165, 1.54) is 17.1 Å². The first kappa shape index (κ1) is 11.7. The van der Waals surface area contributed by atoms with Gasteiger partial charge in [0.1, 0.15) is 0 Å². The van der Waals surface area contributed by atoms with E-state index in [4.69, 9.17) is 16.7 Å². The minimum absolute atomic E-state index is 0.226. The van der Waals surface area contributed by atoms with Crippen molar-refractivity contribution < 1.29 is 4.79 Å². The Morgan fingerprint density at radius 1 is 1.50 bits per heavy atom. The summed E-state index contributed by atoms with van der Waals surface area (Å²) in [4.78, 5) is 11.0. The van der Waals surface area contributed by atoms with Gasteiger partial charge in [-0.25, -0.2) is 4.68 Å². The molecule has 4 N–H and O–H groups in total. The molecule has 6 heteroatoms. The molecule has 0 fully saturated rings. The van der Waals surface area contributed by atoms with Gasteiger partial charge in [0.15, 0.2) is 0 Å². The van der Waals surface area contributed by atoms with E-state index in [1.54, 1.807) is 18.2 Å². The number of hydrogen-bond acceptors (Lipinski definition) is 4. The van der Waals surface area contributed by atoms with Crippen LogP contribution in [0.3, 0.4) is 0 Å². The van der Waals surface area contributed by atoms with E-state index >= 15 is 0 Å². The van der Waals surface area contributed by atoms with Crippen LogP contribution in [0.25, 0.3) is 5.69 Å². The average molecular weight is 241 g/mol. The van der Waals surface area contributed by atoms with Crippen LogP contribution in [0, 0.1) is 11.3 Å². The van der Waals surface area contributed by atoms with Crippen molar-refractivity contribution in [2.45, 2.75) is 6.42 Å². The molecule has 1 heterocycles. The lowest BCUT2D eigenvalue weighted by molar-refractivity contribution is 0.100. The van der Waals surface area contributed by atoms with E-state index in [0.717, 1.165) is 11.3 Å². The van der Waals surface area contributed by atoms with Crippen molar-refractivity contribution in [3.63, 3.8) is 0 Å². The van der Waals surface area contributed by atoms with Crippen molar-refractivity contribution in [2.75, 3.05) is 5.73 Å². The van der Waals surface area contributed by atoms with Gasteiger partial charge < -0.3 is 11.5 Å². The standard InChI is InChI=1S/C12H11N5O/c13-4-3-8-5-10(1-2-11(8)14)17-7-9(6-16-17)12(15)18/h1-2,5-7H,3,14H2,(H2,15,18). The van der Waals surface area contributed by atoms with Gasteiger partial charge in [-0.1, -0.05) is 0 Å². The van der Waals surface area contributed by atoms with Gasteiger partial charge >= 0.3 is 0 Å². The van der Waals surface area contributed by atoms with Crippen molar-refractivity contribution in [3.8, 4) is 11.8 Å². The summed E-state index contributed by atoms with van der Waals surface area (Å²) in [5.41, 5.74) is 13.2. The maximum atomic E-state index is 11.0. The van der Waals surface area contributed by atoms with E-state index < -0.39 is 5.91 Å². The van der Waals surface area contributed by atoms with Crippen molar-refractivity contribution >= 4 is 11.6 Å². The number of nitrogens with two attached hydrogens (primary N) is 2. The third kappa shape index (κ3) is 2.15. The third-order valence-corrected chi connectivity index (χ3v) is 2.53. The largest absolute Gasteiger partial charge is 0.398 e. The number of hydrogen-bond donors (Lipinski definition) is 2. The maximum Gasteiger partial charge on any atom is 0.251 e. The molecule has 18 heavy (non-hydrogen) atoms. The molecule has 0 unspecified atom stereocenters. The van der Waals surface area contributed by atoms with Gasteiger partial charge in [-0.15, -0.1) is 0 Å². The molecule has 0 saturated carbocycles. The van der Waals surface area contributed by atoms with Crippen LogP contribution in [0.1, 0.15) is 15.9 Å². The summed E-state index contributed by atoms with van der Waals surface area (Å²) < 4.78 is 1.51. The first-order valence-corrected chi connectivity index (χ1v) is 5.22. The molecule has 0 saturated heterocycles. The highest BCUT2D eigenvalue weighted by atomic mass is 16.1. The molecule has 0 aliphatic heterocycles. The second kappa shape index (κ2) is 4.59.